The highest BCUT2D eigenvalue weighted by Gasteiger charge is 2.22. The van der Waals surface area contributed by atoms with Gasteiger partial charge in [-0.15, -0.1) is 0 Å². The van der Waals surface area contributed by atoms with E-state index in [1.165, 1.54) is 16.3 Å². The standard InChI is InChI=1S/C64H37N3O3/c1-3-14-38(15-4-1)52-37-53(41-28-31-47-46-19-8-10-25-56(46)69-60(47)36-41)66-64(65-52)49-23-13-26-58-62(49)51-35-39(30-33-57(51)68-58)43-20-12-27-59-61(43)48-22-11-21-44(63(48)70-59)40-29-32-55-50(34-40)45-18-7-9-24-54(45)67(55)42-16-5-2-6-17-42/h1-37H. The minimum Gasteiger partial charge on any atom is -0.456 e. The average Bonchev–Trinajstić information content (AvgIpc) is 4.19. The molecule has 0 unspecified atom stereocenters. The van der Waals surface area contributed by atoms with Gasteiger partial charge in [-0.2, -0.15) is 0 Å². The predicted octanol–water partition coefficient (Wildman–Crippen LogP) is 17.6. The van der Waals surface area contributed by atoms with Gasteiger partial charge in [0.15, 0.2) is 5.82 Å². The van der Waals surface area contributed by atoms with Gasteiger partial charge in [0.1, 0.15) is 33.5 Å². The summed E-state index contributed by atoms with van der Waals surface area (Å²) in [7, 11) is 0. The van der Waals surface area contributed by atoms with Crippen molar-refractivity contribution in [2.45, 2.75) is 0 Å². The second-order valence-electron chi connectivity index (χ2n) is 18.0. The molecule has 0 spiro atoms. The zero-order valence-corrected chi connectivity index (χ0v) is 37.4. The Balaban J connectivity index is 0.879. The van der Waals surface area contributed by atoms with E-state index in [2.05, 4.69) is 180 Å². The molecule has 6 nitrogen and oxygen atoms in total. The van der Waals surface area contributed by atoms with Crippen molar-refractivity contribution in [3.05, 3.63) is 224 Å². The van der Waals surface area contributed by atoms with E-state index in [-0.39, 0.29) is 0 Å². The monoisotopic (exact) mass is 895 g/mol. The molecule has 0 saturated carbocycles. The molecule has 70 heavy (non-hydrogen) atoms. The number of hydrogen-bond donors (Lipinski definition) is 0. The summed E-state index contributed by atoms with van der Waals surface area (Å²) in [5, 5.41) is 8.64. The summed E-state index contributed by atoms with van der Waals surface area (Å²) in [6.07, 6.45) is 0. The van der Waals surface area contributed by atoms with Crippen molar-refractivity contribution < 1.29 is 13.3 Å². The van der Waals surface area contributed by atoms with Crippen LogP contribution in [0.5, 0.6) is 0 Å². The van der Waals surface area contributed by atoms with E-state index < -0.39 is 0 Å². The minimum atomic E-state index is 0.609. The molecule has 0 radical (unpaired) electrons. The van der Waals surface area contributed by atoms with Gasteiger partial charge in [0, 0.05) is 71.0 Å². The van der Waals surface area contributed by atoms with Gasteiger partial charge in [-0.05, 0) is 95.6 Å². The van der Waals surface area contributed by atoms with Crippen LogP contribution in [0.25, 0.3) is 149 Å². The van der Waals surface area contributed by atoms with E-state index in [1.807, 2.05) is 48.5 Å². The highest BCUT2D eigenvalue weighted by Crippen LogP contribution is 2.45. The largest absolute Gasteiger partial charge is 0.456 e. The van der Waals surface area contributed by atoms with E-state index in [0.717, 1.165) is 127 Å². The summed E-state index contributed by atoms with van der Waals surface area (Å²) in [5.74, 6) is 0.609. The fraction of sp³-hybridized carbons (Fsp3) is 0. The van der Waals surface area contributed by atoms with Gasteiger partial charge in [-0.25, -0.2) is 9.97 Å². The average molecular weight is 896 g/mol. The molecule has 15 rings (SSSR count). The molecule has 5 aromatic heterocycles. The first kappa shape index (κ1) is 38.6. The molecule has 6 heteroatoms. The Morgan fingerprint density at radius 1 is 0.300 bits per heavy atom. The SMILES string of the molecule is c1ccc(-c2cc(-c3ccc4c(c3)oc3ccccc34)nc(-c3cccc4oc5ccc(-c6cccc7oc8c(-c9ccc%10c(c9)c9ccccc9n%10-c9ccccc9)cccc8c67)cc5c34)n2)cc1. The van der Waals surface area contributed by atoms with Gasteiger partial charge in [0.2, 0.25) is 0 Å². The maximum atomic E-state index is 6.88. The Labute approximate surface area is 399 Å². The molecule has 0 aliphatic carbocycles. The van der Waals surface area contributed by atoms with Crippen molar-refractivity contribution in [1.29, 1.82) is 0 Å². The first-order valence-corrected chi connectivity index (χ1v) is 23.5. The first-order chi connectivity index (χ1) is 34.7. The van der Waals surface area contributed by atoms with Crippen LogP contribution < -0.4 is 0 Å². The first-order valence-electron chi connectivity index (χ1n) is 23.5. The Morgan fingerprint density at radius 3 is 1.74 bits per heavy atom. The van der Waals surface area contributed by atoms with Crippen molar-refractivity contribution in [1.82, 2.24) is 14.5 Å². The number of aromatic nitrogens is 3. The number of nitrogens with zero attached hydrogens (tertiary/aromatic N) is 3. The predicted molar refractivity (Wildman–Crippen MR) is 285 cm³/mol. The topological polar surface area (TPSA) is 70.1 Å². The molecule has 10 aromatic carbocycles. The number of furan rings is 3. The summed E-state index contributed by atoms with van der Waals surface area (Å²) in [6, 6.07) is 78.3. The molecule has 0 N–H and O–H groups in total. The highest BCUT2D eigenvalue weighted by atomic mass is 16.3. The third-order valence-corrected chi connectivity index (χ3v) is 14.0. The minimum absolute atomic E-state index is 0.609. The maximum Gasteiger partial charge on any atom is 0.161 e. The van der Waals surface area contributed by atoms with Gasteiger partial charge in [0.05, 0.1) is 22.4 Å². The van der Waals surface area contributed by atoms with E-state index in [9.17, 15) is 0 Å². The van der Waals surface area contributed by atoms with Crippen molar-refractivity contribution in [2.24, 2.45) is 0 Å². The van der Waals surface area contributed by atoms with E-state index in [0.29, 0.717) is 5.82 Å². The van der Waals surface area contributed by atoms with Crippen LogP contribution in [0.2, 0.25) is 0 Å². The second-order valence-corrected chi connectivity index (χ2v) is 18.0. The molecular weight excluding hydrogens is 859 g/mol. The highest BCUT2D eigenvalue weighted by molar-refractivity contribution is 6.18. The van der Waals surface area contributed by atoms with Crippen molar-refractivity contribution in [3.8, 4) is 61.8 Å². The van der Waals surface area contributed by atoms with Gasteiger partial charge >= 0.3 is 0 Å². The smallest absolute Gasteiger partial charge is 0.161 e. The van der Waals surface area contributed by atoms with Gasteiger partial charge in [0.25, 0.3) is 0 Å². The van der Waals surface area contributed by atoms with Crippen molar-refractivity contribution in [3.63, 3.8) is 0 Å². The molecule has 0 aliphatic rings. The van der Waals surface area contributed by atoms with Crippen LogP contribution in [0.1, 0.15) is 0 Å². The van der Waals surface area contributed by atoms with E-state index in [4.69, 9.17) is 23.2 Å². The number of hydrogen-bond acceptors (Lipinski definition) is 5. The summed E-state index contributed by atoms with van der Waals surface area (Å²) >= 11 is 0. The molecule has 0 saturated heterocycles. The summed E-state index contributed by atoms with van der Waals surface area (Å²) in [4.78, 5) is 10.6. The van der Waals surface area contributed by atoms with Crippen molar-refractivity contribution >= 4 is 87.6 Å². The third-order valence-electron chi connectivity index (χ3n) is 14.0. The lowest BCUT2D eigenvalue weighted by Gasteiger charge is -2.10. The van der Waals surface area contributed by atoms with Crippen LogP contribution in [-0.4, -0.2) is 14.5 Å². The molecule has 326 valence electrons. The third kappa shape index (κ3) is 5.87. The molecule has 0 atom stereocenters. The van der Waals surface area contributed by atoms with Gasteiger partial charge in [-0.1, -0.05) is 146 Å². The number of rotatable bonds is 6. The Hall–Kier alpha value is -9.52. The van der Waals surface area contributed by atoms with Crippen LogP contribution in [0.3, 0.4) is 0 Å². The number of para-hydroxylation sites is 4. The number of benzene rings is 10. The molecule has 0 fully saturated rings. The van der Waals surface area contributed by atoms with Crippen LogP contribution in [-0.2, 0) is 0 Å². The fourth-order valence-electron chi connectivity index (χ4n) is 10.8. The molecule has 0 bridgehead atoms. The molecule has 5 heterocycles. The number of fused-ring (bicyclic) bond motifs is 12. The maximum absolute atomic E-state index is 6.88. The lowest BCUT2D eigenvalue weighted by Crippen LogP contribution is -1.96. The molecule has 0 aliphatic heterocycles. The summed E-state index contributed by atoms with van der Waals surface area (Å²) < 4.78 is 22.2. The Kier molecular flexibility index (Phi) is 8.26. The van der Waals surface area contributed by atoms with Crippen LogP contribution in [0.15, 0.2) is 238 Å². The molecular formula is C64H37N3O3. The zero-order valence-electron chi connectivity index (χ0n) is 37.4. The van der Waals surface area contributed by atoms with Crippen LogP contribution >= 0.6 is 0 Å². The molecule has 15 aromatic rings. The van der Waals surface area contributed by atoms with Gasteiger partial charge in [-0.3, -0.25) is 0 Å². The quantitative estimate of drug-likeness (QED) is 0.166. The van der Waals surface area contributed by atoms with E-state index >= 15 is 0 Å². The summed E-state index contributed by atoms with van der Waals surface area (Å²) in [5.41, 5.74) is 17.1. The van der Waals surface area contributed by atoms with Crippen molar-refractivity contribution in [2.75, 3.05) is 0 Å². The van der Waals surface area contributed by atoms with Crippen LogP contribution in [0.4, 0.5) is 0 Å². The summed E-state index contributed by atoms with van der Waals surface area (Å²) in [6.45, 7) is 0. The zero-order chi connectivity index (χ0) is 45.9. The fourth-order valence-corrected chi connectivity index (χ4v) is 10.8. The van der Waals surface area contributed by atoms with Gasteiger partial charge < -0.3 is 17.8 Å². The lowest BCUT2D eigenvalue weighted by atomic mass is 9.95. The second kappa shape index (κ2) is 15.0. The Bertz CT molecular complexity index is 4590. The van der Waals surface area contributed by atoms with E-state index in [1.54, 1.807) is 0 Å². The molecule has 0 amide bonds. The lowest BCUT2D eigenvalue weighted by molar-refractivity contribution is 0.668. The van der Waals surface area contributed by atoms with Crippen LogP contribution in [0, 0.1) is 0 Å². The normalized spacial score (nSPS) is 12.0. The Morgan fingerprint density at radius 2 is 0.871 bits per heavy atom.